The highest BCUT2D eigenvalue weighted by Gasteiger charge is 2.41. The van der Waals surface area contributed by atoms with Crippen molar-refractivity contribution in [3.05, 3.63) is 71.6 Å². The van der Waals surface area contributed by atoms with E-state index < -0.39 is 23.5 Å². The molecular formula is C26H26F3N3O3. The second-order valence-electron chi connectivity index (χ2n) is 8.57. The van der Waals surface area contributed by atoms with Crippen LogP contribution in [0.5, 0.6) is 0 Å². The van der Waals surface area contributed by atoms with Gasteiger partial charge in [-0.15, -0.1) is 0 Å². The van der Waals surface area contributed by atoms with Gasteiger partial charge in [0.15, 0.2) is 5.69 Å². The number of rotatable bonds is 7. The molecule has 1 aromatic heterocycles. The maximum absolute atomic E-state index is 13.4. The Hall–Kier alpha value is -3.62. The predicted molar refractivity (Wildman–Crippen MR) is 125 cm³/mol. The second kappa shape index (κ2) is 10.8. The van der Waals surface area contributed by atoms with E-state index in [2.05, 4.69) is 15.6 Å². The third kappa shape index (κ3) is 6.29. The van der Waals surface area contributed by atoms with Crippen LogP contribution in [0.25, 0.3) is 11.5 Å². The van der Waals surface area contributed by atoms with Gasteiger partial charge in [0.25, 0.3) is 5.91 Å². The molecule has 9 heteroatoms. The summed E-state index contributed by atoms with van der Waals surface area (Å²) in [5.74, 6) is -2.65. The monoisotopic (exact) mass is 485 g/mol. The van der Waals surface area contributed by atoms with Crippen LogP contribution < -0.4 is 10.6 Å². The number of oxazole rings is 1. The fourth-order valence-electron chi connectivity index (χ4n) is 4.24. The van der Waals surface area contributed by atoms with Crippen molar-refractivity contribution in [3.8, 4) is 11.5 Å². The summed E-state index contributed by atoms with van der Waals surface area (Å²) < 4.78 is 45.1. The molecule has 3 aromatic rings. The summed E-state index contributed by atoms with van der Waals surface area (Å²) in [6, 6.07) is 15.7. The Morgan fingerprint density at radius 2 is 1.66 bits per heavy atom. The fraction of sp³-hybridized carbons (Fsp3) is 0.346. The molecule has 0 spiro atoms. The van der Waals surface area contributed by atoms with Crippen LogP contribution in [0.4, 0.5) is 18.9 Å². The number of amides is 2. The number of halogens is 3. The minimum Gasteiger partial charge on any atom is -0.431 e. The predicted octanol–water partition coefficient (Wildman–Crippen LogP) is 6.17. The van der Waals surface area contributed by atoms with E-state index in [0.29, 0.717) is 17.2 Å². The van der Waals surface area contributed by atoms with Crippen molar-refractivity contribution in [2.75, 3.05) is 11.9 Å². The van der Waals surface area contributed by atoms with Gasteiger partial charge in [-0.2, -0.15) is 13.2 Å². The van der Waals surface area contributed by atoms with Crippen molar-refractivity contribution < 1.29 is 27.2 Å². The molecule has 1 aliphatic carbocycles. The standard InChI is InChI=1S/C26H26F3N3O3/c27-26(28,29)23-22(32-25(35-23)19-9-5-2-6-10-19)24(34)30-16-15-21(33)31-20-13-11-18(12-14-20)17-7-3-1-4-8-17/h2,5-6,9-14,17H,1,3-4,7-8,15-16H2,(H,30,34)(H,31,33). The smallest absolute Gasteiger partial charge is 0.431 e. The van der Waals surface area contributed by atoms with Gasteiger partial charge >= 0.3 is 6.18 Å². The van der Waals surface area contributed by atoms with Gasteiger partial charge in [0.05, 0.1) is 0 Å². The van der Waals surface area contributed by atoms with E-state index in [9.17, 15) is 22.8 Å². The van der Waals surface area contributed by atoms with E-state index in [1.165, 1.54) is 49.8 Å². The molecule has 184 valence electrons. The molecule has 2 amide bonds. The summed E-state index contributed by atoms with van der Waals surface area (Å²) in [5, 5.41) is 5.07. The van der Waals surface area contributed by atoms with E-state index in [4.69, 9.17) is 4.42 Å². The quantitative estimate of drug-likeness (QED) is 0.419. The highest BCUT2D eigenvalue weighted by molar-refractivity contribution is 5.95. The van der Waals surface area contributed by atoms with Crippen LogP contribution in [-0.4, -0.2) is 23.3 Å². The molecule has 0 saturated heterocycles. The molecule has 1 heterocycles. The van der Waals surface area contributed by atoms with Crippen LogP contribution >= 0.6 is 0 Å². The number of carbonyl (C=O) groups excluding carboxylic acids is 2. The first kappa shape index (κ1) is 24.5. The van der Waals surface area contributed by atoms with Crippen molar-refractivity contribution in [1.82, 2.24) is 10.3 Å². The van der Waals surface area contributed by atoms with Crippen molar-refractivity contribution >= 4 is 17.5 Å². The van der Waals surface area contributed by atoms with Crippen LogP contribution in [0.15, 0.2) is 59.0 Å². The zero-order valence-corrected chi connectivity index (χ0v) is 19.0. The number of nitrogens with one attached hydrogen (secondary N) is 2. The number of alkyl halides is 3. The van der Waals surface area contributed by atoms with Gasteiger partial charge in [0, 0.05) is 24.2 Å². The molecule has 0 aliphatic heterocycles. The first-order chi connectivity index (χ1) is 16.8. The lowest BCUT2D eigenvalue weighted by Gasteiger charge is -2.22. The van der Waals surface area contributed by atoms with E-state index in [-0.39, 0.29) is 24.8 Å². The maximum atomic E-state index is 13.4. The van der Waals surface area contributed by atoms with Crippen molar-refractivity contribution in [2.24, 2.45) is 0 Å². The van der Waals surface area contributed by atoms with Crippen LogP contribution in [0.2, 0.25) is 0 Å². The Kier molecular flexibility index (Phi) is 7.53. The van der Waals surface area contributed by atoms with Crippen LogP contribution in [0.3, 0.4) is 0 Å². The number of aromatic nitrogens is 1. The Bertz CT molecular complexity index is 1150. The Labute approximate surface area is 200 Å². The van der Waals surface area contributed by atoms with Gasteiger partial charge in [0.2, 0.25) is 17.6 Å². The molecule has 4 rings (SSSR count). The molecular weight excluding hydrogens is 459 g/mol. The molecule has 1 saturated carbocycles. The molecule has 2 aromatic carbocycles. The largest absolute Gasteiger partial charge is 0.452 e. The summed E-state index contributed by atoms with van der Waals surface area (Å²) in [5.41, 5.74) is 1.34. The van der Waals surface area contributed by atoms with Gasteiger partial charge in [-0.25, -0.2) is 4.98 Å². The second-order valence-corrected chi connectivity index (χ2v) is 8.57. The average Bonchev–Trinajstić information content (AvgIpc) is 3.32. The number of hydrogen-bond acceptors (Lipinski definition) is 4. The van der Waals surface area contributed by atoms with Gasteiger partial charge < -0.3 is 15.1 Å². The zero-order chi connectivity index (χ0) is 24.8. The molecule has 2 N–H and O–H groups in total. The first-order valence-corrected chi connectivity index (χ1v) is 11.6. The maximum Gasteiger partial charge on any atom is 0.452 e. The number of hydrogen-bond donors (Lipinski definition) is 2. The van der Waals surface area contributed by atoms with Gasteiger partial charge in [0.1, 0.15) is 0 Å². The Morgan fingerprint density at radius 1 is 0.971 bits per heavy atom. The third-order valence-electron chi connectivity index (χ3n) is 6.03. The molecule has 0 radical (unpaired) electrons. The molecule has 1 fully saturated rings. The minimum absolute atomic E-state index is 0.110. The van der Waals surface area contributed by atoms with Crippen molar-refractivity contribution in [2.45, 2.75) is 50.6 Å². The summed E-state index contributed by atoms with van der Waals surface area (Å²) in [6.45, 7) is -0.157. The van der Waals surface area contributed by atoms with Crippen molar-refractivity contribution in [1.29, 1.82) is 0 Å². The molecule has 1 aliphatic rings. The molecule has 0 atom stereocenters. The highest BCUT2D eigenvalue weighted by Crippen LogP contribution is 2.35. The van der Waals surface area contributed by atoms with Gasteiger partial charge in [-0.1, -0.05) is 49.6 Å². The lowest BCUT2D eigenvalue weighted by molar-refractivity contribution is -0.153. The number of anilines is 1. The van der Waals surface area contributed by atoms with Gasteiger partial charge in [-0.3, -0.25) is 9.59 Å². The summed E-state index contributed by atoms with van der Waals surface area (Å²) in [6.07, 6.45) is 1.11. The number of carbonyl (C=O) groups is 2. The highest BCUT2D eigenvalue weighted by atomic mass is 19.4. The normalized spacial score (nSPS) is 14.5. The Morgan fingerprint density at radius 3 is 2.31 bits per heavy atom. The summed E-state index contributed by atoms with van der Waals surface area (Å²) >= 11 is 0. The van der Waals surface area contributed by atoms with E-state index in [1.807, 2.05) is 24.3 Å². The third-order valence-corrected chi connectivity index (χ3v) is 6.03. The zero-order valence-electron chi connectivity index (χ0n) is 19.0. The minimum atomic E-state index is -4.89. The lowest BCUT2D eigenvalue weighted by atomic mass is 9.84. The average molecular weight is 486 g/mol. The Balaban J connectivity index is 1.32. The van der Waals surface area contributed by atoms with Crippen LogP contribution in [0.1, 0.15) is 66.3 Å². The summed E-state index contributed by atoms with van der Waals surface area (Å²) in [4.78, 5) is 28.4. The van der Waals surface area contributed by atoms with Crippen LogP contribution in [0, 0.1) is 0 Å². The van der Waals surface area contributed by atoms with Crippen molar-refractivity contribution in [3.63, 3.8) is 0 Å². The summed E-state index contributed by atoms with van der Waals surface area (Å²) in [7, 11) is 0. The lowest BCUT2D eigenvalue weighted by Crippen LogP contribution is -2.29. The van der Waals surface area contributed by atoms with E-state index in [0.717, 1.165) is 0 Å². The molecule has 0 unspecified atom stereocenters. The number of benzene rings is 2. The van der Waals surface area contributed by atoms with Gasteiger partial charge in [-0.05, 0) is 48.6 Å². The van der Waals surface area contributed by atoms with E-state index in [1.54, 1.807) is 18.2 Å². The van der Waals surface area contributed by atoms with Crippen LogP contribution in [-0.2, 0) is 11.0 Å². The fourth-order valence-corrected chi connectivity index (χ4v) is 4.24. The topological polar surface area (TPSA) is 84.2 Å². The first-order valence-electron chi connectivity index (χ1n) is 11.6. The number of nitrogens with zero attached hydrogens (tertiary/aromatic N) is 1. The SMILES string of the molecule is O=C(CCNC(=O)c1nc(-c2ccccc2)oc1C(F)(F)F)Nc1ccc(C2CCCCC2)cc1. The molecule has 6 nitrogen and oxygen atoms in total. The van der Waals surface area contributed by atoms with E-state index >= 15 is 0 Å². The molecule has 0 bridgehead atoms. The molecule has 35 heavy (non-hydrogen) atoms.